The molecule has 6 aromatic carbocycles. The van der Waals surface area contributed by atoms with Crippen molar-refractivity contribution in [3.05, 3.63) is 145 Å². The molecule has 1 aliphatic carbocycles. The van der Waals surface area contributed by atoms with Crippen LogP contribution in [0.1, 0.15) is 30.5 Å². The van der Waals surface area contributed by atoms with Crippen molar-refractivity contribution in [1.29, 1.82) is 0 Å². The van der Waals surface area contributed by atoms with E-state index >= 15 is 0 Å². The first kappa shape index (κ1) is 25.2. The third kappa shape index (κ3) is 3.61. The van der Waals surface area contributed by atoms with E-state index in [0.717, 1.165) is 44.4 Å². The normalized spacial score (nSPS) is 16.6. The van der Waals surface area contributed by atoms with E-state index in [2.05, 4.69) is 105 Å². The standard InChI is InChI=1S/C42H30O2/c1-25-9-5-4-8-18-43-38-23-26(14-16-32(25)38)30-19-28-12-13-29-20-31(22-36-41(29)40(28)35(21-30)42(36,2)3)27-15-17-34-33-10-6-7-11-37(33)44-39(34)24-27/h4-17,19-24H,1,18H2,2-3H3/b8-4-,9-5-. The third-order valence-electron chi connectivity index (χ3n) is 9.63. The summed E-state index contributed by atoms with van der Waals surface area (Å²) < 4.78 is 12.4. The number of para-hydroxylation sites is 1. The fourth-order valence-electron chi connectivity index (χ4n) is 7.32. The maximum atomic E-state index is 6.25. The number of allylic oxidation sites excluding steroid dienone is 4. The molecule has 0 atom stereocenters. The van der Waals surface area contributed by atoms with Crippen molar-refractivity contribution in [3.63, 3.8) is 0 Å². The zero-order valence-electron chi connectivity index (χ0n) is 24.8. The van der Waals surface area contributed by atoms with Crippen molar-refractivity contribution in [2.24, 2.45) is 0 Å². The molecule has 2 heterocycles. The Morgan fingerprint density at radius 2 is 1.32 bits per heavy atom. The molecular weight excluding hydrogens is 536 g/mol. The van der Waals surface area contributed by atoms with Gasteiger partial charge < -0.3 is 9.15 Å². The predicted molar refractivity (Wildman–Crippen MR) is 185 cm³/mol. The first-order valence-electron chi connectivity index (χ1n) is 15.2. The number of rotatable bonds is 2. The molecule has 0 spiro atoms. The second-order valence-electron chi connectivity index (χ2n) is 12.6. The second kappa shape index (κ2) is 9.08. The summed E-state index contributed by atoms with van der Waals surface area (Å²) in [7, 11) is 0. The molecule has 2 nitrogen and oxygen atoms in total. The van der Waals surface area contributed by atoms with E-state index in [1.807, 2.05) is 36.4 Å². The van der Waals surface area contributed by atoms with Gasteiger partial charge in [-0.05, 0) is 115 Å². The Kier molecular flexibility index (Phi) is 5.20. The van der Waals surface area contributed by atoms with Crippen molar-refractivity contribution in [3.8, 4) is 28.0 Å². The highest BCUT2D eigenvalue weighted by Crippen LogP contribution is 2.51. The highest BCUT2D eigenvalue weighted by molar-refractivity contribution is 6.17. The van der Waals surface area contributed by atoms with E-state index in [9.17, 15) is 0 Å². The summed E-state index contributed by atoms with van der Waals surface area (Å²) in [6.07, 6.45) is 8.08. The van der Waals surface area contributed by atoms with Gasteiger partial charge in [-0.3, -0.25) is 0 Å². The first-order chi connectivity index (χ1) is 21.5. The summed E-state index contributed by atoms with van der Waals surface area (Å²) in [4.78, 5) is 0. The van der Waals surface area contributed by atoms with E-state index in [0.29, 0.717) is 6.61 Å². The van der Waals surface area contributed by atoms with Gasteiger partial charge in [-0.15, -0.1) is 0 Å². The van der Waals surface area contributed by atoms with Gasteiger partial charge in [0.15, 0.2) is 0 Å². The topological polar surface area (TPSA) is 22.4 Å². The van der Waals surface area contributed by atoms with Crippen LogP contribution in [-0.2, 0) is 5.41 Å². The molecule has 9 rings (SSSR count). The van der Waals surface area contributed by atoms with E-state index in [-0.39, 0.29) is 5.41 Å². The van der Waals surface area contributed by atoms with Gasteiger partial charge in [0.25, 0.3) is 0 Å². The lowest BCUT2D eigenvalue weighted by Crippen LogP contribution is -2.15. The van der Waals surface area contributed by atoms with Gasteiger partial charge >= 0.3 is 0 Å². The molecule has 0 bridgehead atoms. The molecule has 2 aliphatic rings. The fraction of sp³-hybridized carbons (Fsp3) is 0.0952. The molecule has 0 amide bonds. The molecule has 1 aliphatic heterocycles. The van der Waals surface area contributed by atoms with Gasteiger partial charge in [0.1, 0.15) is 23.5 Å². The van der Waals surface area contributed by atoms with Crippen LogP contribution in [0.15, 0.2) is 132 Å². The molecule has 1 aromatic heterocycles. The maximum absolute atomic E-state index is 6.25. The van der Waals surface area contributed by atoms with Gasteiger partial charge in [0, 0.05) is 21.8 Å². The summed E-state index contributed by atoms with van der Waals surface area (Å²) in [5, 5.41) is 7.60. The summed E-state index contributed by atoms with van der Waals surface area (Å²) in [6, 6.07) is 35.4. The molecule has 0 unspecified atom stereocenters. The number of hydrogen-bond donors (Lipinski definition) is 0. The third-order valence-corrected chi connectivity index (χ3v) is 9.63. The molecule has 0 saturated heterocycles. The molecule has 0 radical (unpaired) electrons. The molecule has 2 heteroatoms. The minimum absolute atomic E-state index is 0.155. The van der Waals surface area contributed by atoms with Crippen molar-refractivity contribution in [1.82, 2.24) is 0 Å². The first-order valence-corrected chi connectivity index (χ1v) is 15.2. The molecule has 44 heavy (non-hydrogen) atoms. The SMILES string of the molecule is C=C1/C=C\C=C/COc2cc(-c3cc4c5c(ccc6cc(-c7ccc8c(c7)oc7ccccc78)cc(c65)C4(C)C)c3)ccc21. The van der Waals surface area contributed by atoms with Crippen molar-refractivity contribution >= 4 is 49.1 Å². The Bertz CT molecular complexity index is 2430. The number of fused-ring (bicyclic) bond motifs is 4. The van der Waals surface area contributed by atoms with Crippen LogP contribution in [-0.4, -0.2) is 6.61 Å². The number of hydrogen-bond acceptors (Lipinski definition) is 2. The highest BCUT2D eigenvalue weighted by atomic mass is 16.5. The minimum Gasteiger partial charge on any atom is -0.489 e. The van der Waals surface area contributed by atoms with Crippen LogP contribution in [0.25, 0.3) is 71.3 Å². The zero-order chi connectivity index (χ0) is 29.6. The van der Waals surface area contributed by atoms with Crippen molar-refractivity contribution < 1.29 is 9.15 Å². The van der Waals surface area contributed by atoms with Gasteiger partial charge in [0.05, 0.1) is 0 Å². The fourth-order valence-corrected chi connectivity index (χ4v) is 7.32. The van der Waals surface area contributed by atoms with E-state index in [1.165, 1.54) is 49.4 Å². The lowest BCUT2D eigenvalue weighted by Gasteiger charge is -2.23. The molecule has 7 aromatic rings. The quantitative estimate of drug-likeness (QED) is 0.194. The van der Waals surface area contributed by atoms with Crippen LogP contribution in [0, 0.1) is 0 Å². The Morgan fingerprint density at radius 3 is 2.09 bits per heavy atom. The minimum atomic E-state index is -0.155. The maximum Gasteiger partial charge on any atom is 0.136 e. The largest absolute Gasteiger partial charge is 0.489 e. The smallest absolute Gasteiger partial charge is 0.136 e. The number of benzene rings is 6. The van der Waals surface area contributed by atoms with E-state index in [1.54, 1.807) is 0 Å². The molecule has 0 fully saturated rings. The number of ether oxygens (including phenoxy) is 1. The second-order valence-corrected chi connectivity index (χ2v) is 12.6. The van der Waals surface area contributed by atoms with Crippen LogP contribution < -0.4 is 4.74 Å². The van der Waals surface area contributed by atoms with Gasteiger partial charge in [-0.1, -0.05) is 87.2 Å². The molecule has 0 saturated carbocycles. The Balaban J connectivity index is 1.18. The van der Waals surface area contributed by atoms with Gasteiger partial charge in [0.2, 0.25) is 0 Å². The van der Waals surface area contributed by atoms with E-state index in [4.69, 9.17) is 9.15 Å². The average molecular weight is 567 g/mol. The van der Waals surface area contributed by atoms with Gasteiger partial charge in [-0.2, -0.15) is 0 Å². The number of furan rings is 1. The van der Waals surface area contributed by atoms with Crippen molar-refractivity contribution in [2.75, 3.05) is 6.61 Å². The predicted octanol–water partition coefficient (Wildman–Crippen LogP) is 11.4. The van der Waals surface area contributed by atoms with Crippen LogP contribution in [0.2, 0.25) is 0 Å². The van der Waals surface area contributed by atoms with Crippen LogP contribution >= 0.6 is 0 Å². The monoisotopic (exact) mass is 566 g/mol. The zero-order valence-corrected chi connectivity index (χ0v) is 24.8. The molecular formula is C42H30O2. The van der Waals surface area contributed by atoms with E-state index < -0.39 is 0 Å². The Hall–Kier alpha value is -5.34. The van der Waals surface area contributed by atoms with Gasteiger partial charge in [-0.25, -0.2) is 0 Å². The average Bonchev–Trinajstić information content (AvgIpc) is 3.55. The van der Waals surface area contributed by atoms with Crippen molar-refractivity contribution in [2.45, 2.75) is 19.3 Å². The van der Waals surface area contributed by atoms with Crippen LogP contribution in [0.3, 0.4) is 0 Å². The highest BCUT2D eigenvalue weighted by Gasteiger charge is 2.35. The lowest BCUT2D eigenvalue weighted by molar-refractivity contribution is 0.362. The van der Waals surface area contributed by atoms with Crippen LogP contribution in [0.4, 0.5) is 0 Å². The summed E-state index contributed by atoms with van der Waals surface area (Å²) in [5.74, 6) is 0.865. The summed E-state index contributed by atoms with van der Waals surface area (Å²) in [5.41, 5.74) is 11.2. The Morgan fingerprint density at radius 1 is 0.636 bits per heavy atom. The summed E-state index contributed by atoms with van der Waals surface area (Å²) >= 11 is 0. The van der Waals surface area contributed by atoms with Crippen LogP contribution in [0.5, 0.6) is 5.75 Å². The molecule has 0 N–H and O–H groups in total. The summed E-state index contributed by atoms with van der Waals surface area (Å²) in [6.45, 7) is 9.52. The Labute approximate surface area is 256 Å². The lowest BCUT2D eigenvalue weighted by atomic mass is 9.80. The molecule has 210 valence electrons.